The molecule has 0 spiro atoms. The Morgan fingerprint density at radius 3 is 3.00 bits per heavy atom. The first-order valence-electron chi connectivity index (χ1n) is 4.47. The summed E-state index contributed by atoms with van der Waals surface area (Å²) in [7, 11) is 0. The van der Waals surface area contributed by atoms with Crippen LogP contribution in [0.15, 0.2) is 37.1 Å². The standard InChI is InChI=1S/C11H12NO2/c1-3-13-14-12-9(2)8-10-6-4-5-7-11(10)12/h3-7H,1,8H2,2H3/q+1. The Balaban J connectivity index is 2.31. The third kappa shape index (κ3) is 1.37. The maximum atomic E-state index is 5.07. The van der Waals surface area contributed by atoms with E-state index in [-0.39, 0.29) is 0 Å². The molecule has 0 aromatic heterocycles. The van der Waals surface area contributed by atoms with E-state index in [0.717, 1.165) is 17.8 Å². The van der Waals surface area contributed by atoms with E-state index in [1.807, 2.05) is 25.1 Å². The lowest BCUT2D eigenvalue weighted by Gasteiger charge is -1.95. The number of hydrogen-bond acceptors (Lipinski definition) is 2. The summed E-state index contributed by atoms with van der Waals surface area (Å²) in [5, 5.41) is 0. The van der Waals surface area contributed by atoms with E-state index in [0.29, 0.717) is 0 Å². The molecule has 2 rings (SSSR count). The fraction of sp³-hybridized carbons (Fsp3) is 0.182. The van der Waals surface area contributed by atoms with Gasteiger partial charge in [-0.25, -0.2) is 4.89 Å². The largest absolute Gasteiger partial charge is 0.266 e. The first kappa shape index (κ1) is 8.81. The van der Waals surface area contributed by atoms with Crippen LogP contribution >= 0.6 is 0 Å². The first-order chi connectivity index (χ1) is 6.83. The molecule has 1 heterocycles. The van der Waals surface area contributed by atoms with Crippen LogP contribution < -0.4 is 0 Å². The predicted molar refractivity (Wildman–Crippen MR) is 53.1 cm³/mol. The fourth-order valence-corrected chi connectivity index (χ4v) is 1.59. The van der Waals surface area contributed by atoms with Crippen LogP contribution in [0.3, 0.4) is 0 Å². The van der Waals surface area contributed by atoms with Gasteiger partial charge in [0.25, 0.3) is 5.69 Å². The molecule has 3 nitrogen and oxygen atoms in total. The molecule has 0 saturated heterocycles. The van der Waals surface area contributed by atoms with Crippen molar-refractivity contribution in [2.24, 2.45) is 0 Å². The Bertz CT molecular complexity index is 396. The van der Waals surface area contributed by atoms with Gasteiger partial charge in [0.2, 0.25) is 5.71 Å². The third-order valence-corrected chi connectivity index (χ3v) is 2.19. The van der Waals surface area contributed by atoms with Crippen LogP contribution in [-0.4, -0.2) is 10.5 Å². The first-order valence-corrected chi connectivity index (χ1v) is 4.47. The Labute approximate surface area is 82.8 Å². The molecule has 0 atom stereocenters. The molecule has 0 amide bonds. The van der Waals surface area contributed by atoms with Crippen LogP contribution in [0.2, 0.25) is 0 Å². The van der Waals surface area contributed by atoms with Crippen LogP contribution in [0.1, 0.15) is 12.5 Å². The lowest BCUT2D eigenvalue weighted by Crippen LogP contribution is -2.09. The predicted octanol–water partition coefficient (Wildman–Crippen LogP) is 2.35. The highest BCUT2D eigenvalue weighted by Gasteiger charge is 2.30. The Morgan fingerprint density at radius 1 is 1.43 bits per heavy atom. The average molecular weight is 190 g/mol. The zero-order valence-corrected chi connectivity index (χ0v) is 8.06. The summed E-state index contributed by atoms with van der Waals surface area (Å²) in [5.41, 5.74) is 3.39. The third-order valence-electron chi connectivity index (χ3n) is 2.19. The number of fused-ring (bicyclic) bond motifs is 1. The molecular formula is C11H12NO2+. The topological polar surface area (TPSA) is 21.5 Å². The van der Waals surface area contributed by atoms with Gasteiger partial charge in [-0.1, -0.05) is 24.8 Å². The maximum absolute atomic E-state index is 5.07. The van der Waals surface area contributed by atoms with Crippen molar-refractivity contribution in [2.75, 3.05) is 0 Å². The fourth-order valence-electron chi connectivity index (χ4n) is 1.59. The van der Waals surface area contributed by atoms with Crippen molar-refractivity contribution >= 4 is 11.4 Å². The van der Waals surface area contributed by atoms with Gasteiger partial charge in [-0.15, -0.1) is 0 Å². The summed E-state index contributed by atoms with van der Waals surface area (Å²) < 4.78 is 1.68. The van der Waals surface area contributed by atoms with Crippen molar-refractivity contribution in [1.82, 2.24) is 0 Å². The average Bonchev–Trinajstić information content (AvgIpc) is 2.51. The lowest BCUT2D eigenvalue weighted by atomic mass is 10.1. The SMILES string of the molecule is C=COO[N+]1=C(C)Cc2ccccc21. The highest BCUT2D eigenvalue weighted by Crippen LogP contribution is 2.25. The summed E-state index contributed by atoms with van der Waals surface area (Å²) in [5.74, 6) is 0. The maximum Gasteiger partial charge on any atom is 0.266 e. The molecule has 0 unspecified atom stereocenters. The van der Waals surface area contributed by atoms with Crippen molar-refractivity contribution in [2.45, 2.75) is 13.3 Å². The molecule has 0 saturated carbocycles. The molecule has 0 bridgehead atoms. The van der Waals surface area contributed by atoms with E-state index in [2.05, 4.69) is 12.6 Å². The van der Waals surface area contributed by atoms with Gasteiger partial charge in [-0.05, 0) is 4.99 Å². The zero-order chi connectivity index (χ0) is 9.97. The molecule has 1 aliphatic heterocycles. The molecular weight excluding hydrogens is 178 g/mol. The van der Waals surface area contributed by atoms with Crippen molar-refractivity contribution in [3.05, 3.63) is 42.7 Å². The van der Waals surface area contributed by atoms with Gasteiger partial charge in [0.05, 0.1) is 11.2 Å². The van der Waals surface area contributed by atoms with Crippen LogP contribution in [0.25, 0.3) is 0 Å². The molecule has 3 heteroatoms. The van der Waals surface area contributed by atoms with E-state index in [4.69, 9.17) is 9.88 Å². The molecule has 0 aliphatic carbocycles. The van der Waals surface area contributed by atoms with E-state index in [9.17, 15) is 0 Å². The molecule has 72 valence electrons. The number of benzene rings is 1. The summed E-state index contributed by atoms with van der Waals surface area (Å²) in [6.45, 7) is 5.43. The van der Waals surface area contributed by atoms with Crippen LogP contribution in [-0.2, 0) is 16.3 Å². The van der Waals surface area contributed by atoms with Crippen molar-refractivity contribution in [3.63, 3.8) is 0 Å². The van der Waals surface area contributed by atoms with Crippen molar-refractivity contribution in [1.29, 1.82) is 0 Å². The van der Waals surface area contributed by atoms with Gasteiger partial charge < -0.3 is 0 Å². The highest BCUT2D eigenvalue weighted by molar-refractivity contribution is 5.84. The quantitative estimate of drug-likeness (QED) is 0.316. The number of rotatable bonds is 3. The summed E-state index contributed by atoms with van der Waals surface area (Å²) in [4.78, 5) is 9.78. The molecule has 1 aromatic carbocycles. The second-order valence-corrected chi connectivity index (χ2v) is 3.17. The van der Waals surface area contributed by atoms with Crippen LogP contribution in [0.4, 0.5) is 5.69 Å². The van der Waals surface area contributed by atoms with Gasteiger partial charge in [0.15, 0.2) is 0 Å². The second kappa shape index (κ2) is 3.54. The smallest absolute Gasteiger partial charge is 0.243 e. The molecule has 0 radical (unpaired) electrons. The van der Waals surface area contributed by atoms with E-state index in [1.54, 1.807) is 4.74 Å². The Morgan fingerprint density at radius 2 is 2.21 bits per heavy atom. The molecule has 0 N–H and O–H groups in total. The van der Waals surface area contributed by atoms with E-state index < -0.39 is 0 Å². The normalized spacial score (nSPS) is 13.8. The number of nitrogens with zero attached hydrogens (tertiary/aromatic N) is 1. The minimum absolute atomic E-state index is 0.899. The van der Waals surface area contributed by atoms with Crippen LogP contribution in [0.5, 0.6) is 0 Å². The van der Waals surface area contributed by atoms with E-state index in [1.165, 1.54) is 11.8 Å². The van der Waals surface area contributed by atoms with Gasteiger partial charge >= 0.3 is 0 Å². The van der Waals surface area contributed by atoms with Gasteiger partial charge in [0, 0.05) is 18.6 Å². The zero-order valence-electron chi connectivity index (χ0n) is 8.06. The summed E-state index contributed by atoms with van der Waals surface area (Å²) in [6, 6.07) is 8.07. The van der Waals surface area contributed by atoms with Crippen molar-refractivity contribution < 1.29 is 14.6 Å². The Hall–Kier alpha value is -1.77. The Kier molecular flexibility index (Phi) is 2.23. The minimum atomic E-state index is 0.899. The summed E-state index contributed by atoms with van der Waals surface area (Å²) >= 11 is 0. The van der Waals surface area contributed by atoms with Gasteiger partial charge in [-0.3, -0.25) is 0 Å². The molecule has 1 aliphatic rings. The summed E-state index contributed by atoms with van der Waals surface area (Å²) in [6.07, 6.45) is 2.16. The number of para-hydroxylation sites is 1. The second-order valence-electron chi connectivity index (χ2n) is 3.17. The van der Waals surface area contributed by atoms with Gasteiger partial charge in [0.1, 0.15) is 6.26 Å². The van der Waals surface area contributed by atoms with E-state index >= 15 is 0 Å². The number of hydrogen-bond donors (Lipinski definition) is 0. The molecule has 14 heavy (non-hydrogen) atoms. The van der Waals surface area contributed by atoms with Crippen LogP contribution in [0, 0.1) is 0 Å². The molecule has 0 fully saturated rings. The molecule has 1 aromatic rings. The van der Waals surface area contributed by atoms with Gasteiger partial charge in [-0.2, -0.15) is 0 Å². The minimum Gasteiger partial charge on any atom is -0.243 e. The monoisotopic (exact) mass is 190 g/mol. The lowest BCUT2D eigenvalue weighted by molar-refractivity contribution is -0.818. The van der Waals surface area contributed by atoms with Crippen molar-refractivity contribution in [3.8, 4) is 0 Å². The highest BCUT2D eigenvalue weighted by atomic mass is 17.3.